The van der Waals surface area contributed by atoms with Crippen molar-refractivity contribution >= 4 is 0 Å². The summed E-state index contributed by atoms with van der Waals surface area (Å²) in [5, 5.41) is 0. The van der Waals surface area contributed by atoms with Gasteiger partial charge >= 0.3 is 0 Å². The van der Waals surface area contributed by atoms with E-state index in [1.165, 1.54) is 6.26 Å². The summed E-state index contributed by atoms with van der Waals surface area (Å²) in [5.74, 6) is 0. The minimum Gasteiger partial charge on any atom is -0.499 e. The Bertz CT molecular complexity index is 291. The van der Waals surface area contributed by atoms with Gasteiger partial charge < -0.3 is 23.8 Å². The topological polar surface area (TPSA) is 55.4 Å². The lowest BCUT2D eigenvalue weighted by atomic mass is 10.5. The molecule has 0 radical (unpaired) electrons. The van der Waals surface area contributed by atoms with Gasteiger partial charge in [-0.05, 0) is 45.6 Å². The molecule has 0 saturated carbocycles. The van der Waals surface area contributed by atoms with E-state index in [1.54, 1.807) is 12.3 Å². The van der Waals surface area contributed by atoms with Crippen LogP contribution < -0.4 is 0 Å². The Labute approximate surface area is 187 Å². The molecular formula is C24H50O6. The third kappa shape index (κ3) is 56.3. The van der Waals surface area contributed by atoms with Crippen LogP contribution in [0.2, 0.25) is 0 Å². The summed E-state index contributed by atoms with van der Waals surface area (Å²) >= 11 is 0. The Kier molecular flexibility index (Phi) is 55.4. The zero-order chi connectivity index (χ0) is 23.6. The Balaban J connectivity index is -0.000000165. The summed E-state index contributed by atoms with van der Waals surface area (Å²) in [4.78, 5) is 9.31. The molecule has 0 aliphatic heterocycles. The molecule has 0 fully saturated rings. The maximum absolute atomic E-state index is 5.17. The highest BCUT2D eigenvalue weighted by Crippen LogP contribution is 1.84. The molecule has 0 amide bonds. The van der Waals surface area contributed by atoms with Gasteiger partial charge in [0.05, 0.1) is 19.5 Å². The quantitative estimate of drug-likeness (QED) is 0.0858. The van der Waals surface area contributed by atoms with Gasteiger partial charge in [0.1, 0.15) is 19.5 Å². The lowest BCUT2D eigenvalue weighted by molar-refractivity contribution is -0.255. The molecule has 0 aliphatic carbocycles. The number of rotatable bonds is 17. The zero-order valence-electron chi connectivity index (χ0n) is 20.7. The van der Waals surface area contributed by atoms with E-state index in [9.17, 15) is 0 Å². The van der Waals surface area contributed by atoms with Crippen molar-refractivity contribution in [3.05, 3.63) is 37.8 Å². The summed E-state index contributed by atoms with van der Waals surface area (Å²) in [6.07, 6.45) is 11.2. The lowest BCUT2D eigenvalue weighted by Crippen LogP contribution is -2.03. The molecule has 0 aromatic rings. The lowest BCUT2D eigenvalue weighted by Gasteiger charge is -2.01. The molecule has 0 N–H and O–H groups in total. The summed E-state index contributed by atoms with van der Waals surface area (Å²) in [7, 11) is 0. The summed E-state index contributed by atoms with van der Waals surface area (Å²) in [6.45, 7) is 24.1. The van der Waals surface area contributed by atoms with Crippen molar-refractivity contribution in [1.29, 1.82) is 0 Å². The van der Waals surface area contributed by atoms with E-state index in [0.717, 1.165) is 52.1 Å². The highest BCUT2D eigenvalue weighted by Gasteiger charge is 1.86. The van der Waals surface area contributed by atoms with Gasteiger partial charge in [0, 0.05) is 26.4 Å². The van der Waals surface area contributed by atoms with Crippen molar-refractivity contribution in [2.45, 2.75) is 67.2 Å². The van der Waals surface area contributed by atoms with Crippen molar-refractivity contribution in [3.8, 4) is 0 Å². The molecule has 0 spiro atoms. The number of hydrogen-bond acceptors (Lipinski definition) is 6. The van der Waals surface area contributed by atoms with Gasteiger partial charge in [0.15, 0.2) is 0 Å². The molecule has 6 heteroatoms. The van der Waals surface area contributed by atoms with Gasteiger partial charge in [-0.15, -0.1) is 13.2 Å². The summed E-state index contributed by atoms with van der Waals surface area (Å²) in [6, 6.07) is 0. The fraction of sp³-hybridized carbons (Fsp3) is 0.750. The van der Waals surface area contributed by atoms with Crippen LogP contribution in [0, 0.1) is 0 Å². The summed E-state index contributed by atoms with van der Waals surface area (Å²) < 4.78 is 20.5. The van der Waals surface area contributed by atoms with E-state index in [-0.39, 0.29) is 0 Å². The second-order valence-corrected chi connectivity index (χ2v) is 5.56. The molecule has 0 atom stereocenters. The van der Waals surface area contributed by atoms with Gasteiger partial charge in [-0.25, -0.2) is 0 Å². The molecule has 30 heavy (non-hydrogen) atoms. The Morgan fingerprint density at radius 2 is 0.933 bits per heavy atom. The van der Waals surface area contributed by atoms with E-state index in [1.807, 2.05) is 19.9 Å². The fourth-order valence-corrected chi connectivity index (χ4v) is 1.39. The molecule has 0 heterocycles. The minimum absolute atomic E-state index is 0.477. The molecule has 0 aromatic heterocycles. The smallest absolute Gasteiger partial charge is 0.125 e. The monoisotopic (exact) mass is 434 g/mol. The predicted molar refractivity (Wildman–Crippen MR) is 127 cm³/mol. The van der Waals surface area contributed by atoms with Crippen LogP contribution in [0.3, 0.4) is 0 Å². The molecule has 0 bridgehead atoms. The molecule has 0 aliphatic rings. The van der Waals surface area contributed by atoms with Crippen LogP contribution in [-0.2, 0) is 28.7 Å². The second kappa shape index (κ2) is 46.1. The third-order valence-electron chi connectivity index (χ3n) is 2.54. The number of hydrogen-bond donors (Lipinski definition) is 0. The predicted octanol–water partition coefficient (Wildman–Crippen LogP) is 6.48. The Hall–Kier alpha value is -1.34. The second-order valence-electron chi connectivity index (χ2n) is 5.56. The minimum atomic E-state index is 0.477. The molecule has 6 nitrogen and oxygen atoms in total. The van der Waals surface area contributed by atoms with E-state index in [0.29, 0.717) is 26.4 Å². The van der Waals surface area contributed by atoms with Crippen molar-refractivity contribution in [2.24, 2.45) is 0 Å². The van der Waals surface area contributed by atoms with Crippen LogP contribution in [-0.4, -0.2) is 52.9 Å². The van der Waals surface area contributed by atoms with Gasteiger partial charge in [0.25, 0.3) is 0 Å². The van der Waals surface area contributed by atoms with Crippen molar-refractivity contribution in [3.63, 3.8) is 0 Å². The van der Waals surface area contributed by atoms with Gasteiger partial charge in [-0.2, -0.15) is 4.89 Å². The van der Waals surface area contributed by atoms with Crippen LogP contribution in [0.1, 0.15) is 67.2 Å². The highest BCUT2D eigenvalue weighted by atomic mass is 17.2. The van der Waals surface area contributed by atoms with Crippen molar-refractivity contribution in [2.75, 3.05) is 52.9 Å². The highest BCUT2D eigenvalue weighted by molar-refractivity contribution is 4.64. The van der Waals surface area contributed by atoms with Crippen molar-refractivity contribution in [1.82, 2.24) is 0 Å². The normalized spacial score (nSPS) is 9.80. The number of allylic oxidation sites excluding steroid dienone is 2. The van der Waals surface area contributed by atoms with Crippen molar-refractivity contribution < 1.29 is 28.7 Å². The van der Waals surface area contributed by atoms with Crippen LogP contribution >= 0.6 is 0 Å². The molecule has 182 valence electrons. The maximum Gasteiger partial charge on any atom is 0.125 e. The standard InChI is InChI=1S/C8H16O3.C8H16O2.C6H14O.C2H4/c1-3-5-9-7-8-11-10-6-4-2;1-3-5-9-7-8-10-6-4-2;1-3-5-7-6-4-2;1-2/h4,6H,3,5,7-8H2,1-2H3;3,5H,4,6-8H2,1-2H3;3-6H2,1-2H3;1-2H2/b6-4+;5-3+;;. The first-order valence-electron chi connectivity index (χ1n) is 11.1. The van der Waals surface area contributed by atoms with Crippen LogP contribution in [0.4, 0.5) is 0 Å². The molecule has 0 unspecified atom stereocenters. The average molecular weight is 435 g/mol. The zero-order valence-corrected chi connectivity index (χ0v) is 20.7. The van der Waals surface area contributed by atoms with Crippen LogP contribution in [0.5, 0.6) is 0 Å². The first kappa shape index (κ1) is 36.1. The Morgan fingerprint density at radius 3 is 1.33 bits per heavy atom. The largest absolute Gasteiger partial charge is 0.499 e. The SMILES string of the molecule is C/C=C/OCCOCCC.C/C=C/OOCCOCCC.C=C.CCCOCCC. The van der Waals surface area contributed by atoms with Crippen LogP contribution in [0.25, 0.3) is 0 Å². The van der Waals surface area contributed by atoms with Gasteiger partial charge in [0.2, 0.25) is 0 Å². The first-order chi connectivity index (χ1) is 14.7. The van der Waals surface area contributed by atoms with E-state index in [2.05, 4.69) is 45.7 Å². The van der Waals surface area contributed by atoms with E-state index < -0.39 is 0 Å². The summed E-state index contributed by atoms with van der Waals surface area (Å²) in [5.41, 5.74) is 0. The molecule has 0 saturated heterocycles. The number of ether oxygens (including phenoxy) is 4. The van der Waals surface area contributed by atoms with E-state index >= 15 is 0 Å². The van der Waals surface area contributed by atoms with E-state index in [4.69, 9.17) is 23.8 Å². The molecular weight excluding hydrogens is 384 g/mol. The molecule has 0 rings (SSSR count). The van der Waals surface area contributed by atoms with Gasteiger partial charge in [-0.1, -0.05) is 33.8 Å². The van der Waals surface area contributed by atoms with Crippen LogP contribution in [0.15, 0.2) is 37.8 Å². The fourth-order valence-electron chi connectivity index (χ4n) is 1.39. The third-order valence-corrected chi connectivity index (χ3v) is 2.54. The Morgan fingerprint density at radius 1 is 0.533 bits per heavy atom. The first-order valence-corrected chi connectivity index (χ1v) is 11.1. The average Bonchev–Trinajstić information content (AvgIpc) is 2.78. The van der Waals surface area contributed by atoms with Gasteiger partial charge in [-0.3, -0.25) is 0 Å². The maximum atomic E-state index is 5.17. The molecule has 0 aromatic carbocycles.